The molecule has 1 unspecified atom stereocenters. The van der Waals surface area contributed by atoms with Gasteiger partial charge in [-0.2, -0.15) is 0 Å². The van der Waals surface area contributed by atoms with Crippen molar-refractivity contribution in [1.82, 2.24) is 19.9 Å². The summed E-state index contributed by atoms with van der Waals surface area (Å²) in [6.07, 6.45) is 7.86. The standard InChI is InChI=1S/C29H26N4O/c34-29(20-33-14-9-25(29)10-15-33)11-8-24-17-22-6-7-23(28-19-30-12-13-31-28)18-27(22)32-26(24)16-21-4-2-1-3-5-21/h1-7,12-13,17-19,25,34H,9-10,14-16,20H2. The zero-order valence-electron chi connectivity index (χ0n) is 19.0. The van der Waals surface area contributed by atoms with Gasteiger partial charge in [-0.15, -0.1) is 0 Å². The maximum absolute atomic E-state index is 11.3. The summed E-state index contributed by atoms with van der Waals surface area (Å²) >= 11 is 0. The van der Waals surface area contributed by atoms with E-state index in [0.717, 1.165) is 59.3 Å². The molecule has 5 nitrogen and oxygen atoms in total. The molecule has 3 fully saturated rings. The SMILES string of the molecule is OC1(C#Cc2cc3ccc(-c4cnccn4)cc3nc2Cc2ccccc2)CN2CCC1CC2. The van der Waals surface area contributed by atoms with Gasteiger partial charge in [-0.3, -0.25) is 19.9 Å². The minimum atomic E-state index is -0.939. The molecule has 0 radical (unpaired) electrons. The van der Waals surface area contributed by atoms with Gasteiger partial charge >= 0.3 is 0 Å². The molecule has 5 heteroatoms. The van der Waals surface area contributed by atoms with Crippen molar-refractivity contribution in [2.75, 3.05) is 19.6 Å². The number of nitrogens with zero attached hydrogens (tertiary/aromatic N) is 4. The first-order valence-corrected chi connectivity index (χ1v) is 11.9. The molecule has 2 aromatic heterocycles. The van der Waals surface area contributed by atoms with Crippen molar-refractivity contribution in [1.29, 1.82) is 0 Å². The molecule has 3 saturated heterocycles. The van der Waals surface area contributed by atoms with Crippen LogP contribution in [0.4, 0.5) is 0 Å². The summed E-state index contributed by atoms with van der Waals surface area (Å²) in [5.41, 5.74) is 4.76. The summed E-state index contributed by atoms with van der Waals surface area (Å²) < 4.78 is 0. The summed E-state index contributed by atoms with van der Waals surface area (Å²) in [5.74, 6) is 6.89. The van der Waals surface area contributed by atoms with E-state index in [4.69, 9.17) is 4.98 Å². The first kappa shape index (κ1) is 21.0. The molecule has 0 amide bonds. The number of aromatic nitrogens is 3. The van der Waals surface area contributed by atoms with Gasteiger partial charge in [0.05, 0.1) is 23.1 Å². The third kappa shape index (κ3) is 4.07. The molecule has 3 aliphatic rings. The van der Waals surface area contributed by atoms with Crippen LogP contribution < -0.4 is 0 Å². The van der Waals surface area contributed by atoms with Crippen molar-refractivity contribution in [2.24, 2.45) is 5.92 Å². The van der Waals surface area contributed by atoms with Crippen molar-refractivity contribution in [3.63, 3.8) is 0 Å². The van der Waals surface area contributed by atoms with Crippen molar-refractivity contribution in [3.8, 4) is 23.1 Å². The Bertz CT molecular complexity index is 1390. The monoisotopic (exact) mass is 446 g/mol. The zero-order valence-corrected chi connectivity index (χ0v) is 19.0. The molecular weight excluding hydrogens is 420 g/mol. The average molecular weight is 447 g/mol. The van der Waals surface area contributed by atoms with Gasteiger partial charge in [-0.25, -0.2) is 0 Å². The predicted octanol–water partition coefficient (Wildman–Crippen LogP) is 4.09. The Hall–Kier alpha value is -3.59. The van der Waals surface area contributed by atoms with E-state index in [1.807, 2.05) is 24.3 Å². The molecule has 0 spiro atoms. The highest BCUT2D eigenvalue weighted by molar-refractivity contribution is 5.85. The molecule has 5 heterocycles. The van der Waals surface area contributed by atoms with E-state index in [-0.39, 0.29) is 5.92 Å². The summed E-state index contributed by atoms with van der Waals surface area (Å²) in [6.45, 7) is 2.78. The van der Waals surface area contributed by atoms with Gasteiger partial charge in [-0.05, 0) is 43.6 Å². The fraction of sp³-hybridized carbons (Fsp3) is 0.276. The Balaban J connectivity index is 1.43. The number of aliphatic hydroxyl groups is 1. The van der Waals surface area contributed by atoms with Crippen LogP contribution >= 0.6 is 0 Å². The Morgan fingerprint density at radius 3 is 2.62 bits per heavy atom. The normalized spacial score (nSPS) is 23.4. The Kier molecular flexibility index (Phi) is 5.33. The van der Waals surface area contributed by atoms with Crippen LogP contribution in [0.25, 0.3) is 22.2 Å². The lowest BCUT2D eigenvalue weighted by molar-refractivity contribution is -0.0713. The molecule has 0 saturated carbocycles. The lowest BCUT2D eigenvalue weighted by Crippen LogP contribution is -2.58. The highest BCUT2D eigenvalue weighted by Crippen LogP contribution is 2.35. The smallest absolute Gasteiger partial charge is 0.141 e. The van der Waals surface area contributed by atoms with E-state index in [0.29, 0.717) is 13.0 Å². The van der Waals surface area contributed by atoms with E-state index < -0.39 is 5.60 Å². The molecule has 0 aliphatic carbocycles. The van der Waals surface area contributed by atoms with Gasteiger partial charge in [0, 0.05) is 47.8 Å². The van der Waals surface area contributed by atoms with E-state index >= 15 is 0 Å². The van der Waals surface area contributed by atoms with Crippen LogP contribution in [0.1, 0.15) is 29.7 Å². The van der Waals surface area contributed by atoms with Gasteiger partial charge in [0.25, 0.3) is 0 Å². The first-order chi connectivity index (χ1) is 16.7. The second kappa shape index (κ2) is 8.64. The van der Waals surface area contributed by atoms with Crippen LogP contribution in [-0.4, -0.2) is 50.2 Å². The molecule has 34 heavy (non-hydrogen) atoms. The second-order valence-corrected chi connectivity index (χ2v) is 9.37. The fourth-order valence-corrected chi connectivity index (χ4v) is 5.20. The van der Waals surface area contributed by atoms with Crippen LogP contribution in [0.3, 0.4) is 0 Å². The third-order valence-electron chi connectivity index (χ3n) is 7.11. The lowest BCUT2D eigenvalue weighted by atomic mass is 9.75. The Labute approximate surface area is 199 Å². The number of rotatable bonds is 3. The van der Waals surface area contributed by atoms with Crippen LogP contribution in [0, 0.1) is 17.8 Å². The third-order valence-corrected chi connectivity index (χ3v) is 7.11. The molecule has 2 bridgehead atoms. The Morgan fingerprint density at radius 1 is 1.03 bits per heavy atom. The lowest BCUT2D eigenvalue weighted by Gasteiger charge is -2.47. The zero-order chi connectivity index (χ0) is 23.0. The number of hydrogen-bond donors (Lipinski definition) is 1. The minimum absolute atomic E-state index is 0.255. The van der Waals surface area contributed by atoms with Crippen molar-refractivity contribution >= 4 is 10.9 Å². The topological polar surface area (TPSA) is 62.1 Å². The van der Waals surface area contributed by atoms with Crippen molar-refractivity contribution in [2.45, 2.75) is 24.9 Å². The van der Waals surface area contributed by atoms with Gasteiger partial charge < -0.3 is 5.11 Å². The summed E-state index contributed by atoms with van der Waals surface area (Å²) in [5, 5.41) is 12.4. The molecule has 2 aromatic carbocycles. The van der Waals surface area contributed by atoms with E-state index in [9.17, 15) is 5.11 Å². The van der Waals surface area contributed by atoms with Gasteiger partial charge in [0.2, 0.25) is 0 Å². The minimum Gasteiger partial charge on any atom is -0.376 e. The van der Waals surface area contributed by atoms with Gasteiger partial charge in [0.15, 0.2) is 0 Å². The molecule has 168 valence electrons. The van der Waals surface area contributed by atoms with Gasteiger partial charge in [-0.1, -0.05) is 54.3 Å². The Morgan fingerprint density at radius 2 is 1.88 bits per heavy atom. The average Bonchev–Trinajstić information content (AvgIpc) is 2.89. The highest BCUT2D eigenvalue weighted by Gasteiger charge is 2.44. The predicted molar refractivity (Wildman–Crippen MR) is 133 cm³/mol. The summed E-state index contributed by atoms with van der Waals surface area (Å²) in [4.78, 5) is 16.0. The quantitative estimate of drug-likeness (QED) is 0.481. The number of pyridine rings is 1. The van der Waals surface area contributed by atoms with Crippen LogP contribution in [0.5, 0.6) is 0 Å². The van der Waals surface area contributed by atoms with E-state index in [2.05, 4.69) is 57.0 Å². The number of benzene rings is 2. The van der Waals surface area contributed by atoms with E-state index in [1.165, 1.54) is 5.56 Å². The summed E-state index contributed by atoms with van der Waals surface area (Å²) in [7, 11) is 0. The molecule has 1 N–H and O–H groups in total. The molecule has 7 rings (SSSR count). The molecule has 4 aromatic rings. The molecular formula is C29H26N4O. The second-order valence-electron chi connectivity index (χ2n) is 9.37. The fourth-order valence-electron chi connectivity index (χ4n) is 5.20. The first-order valence-electron chi connectivity index (χ1n) is 11.9. The van der Waals surface area contributed by atoms with Crippen LogP contribution in [-0.2, 0) is 6.42 Å². The number of fused-ring (bicyclic) bond motifs is 4. The number of hydrogen-bond acceptors (Lipinski definition) is 5. The van der Waals surface area contributed by atoms with Crippen molar-refractivity contribution < 1.29 is 5.11 Å². The number of piperidine rings is 3. The highest BCUT2D eigenvalue weighted by atomic mass is 16.3. The molecule has 1 atom stereocenters. The van der Waals surface area contributed by atoms with Crippen LogP contribution in [0.15, 0.2) is 73.2 Å². The van der Waals surface area contributed by atoms with E-state index in [1.54, 1.807) is 18.6 Å². The maximum atomic E-state index is 11.3. The van der Waals surface area contributed by atoms with Crippen molar-refractivity contribution in [3.05, 3.63) is 90.0 Å². The largest absolute Gasteiger partial charge is 0.376 e. The summed E-state index contributed by atoms with van der Waals surface area (Å²) in [6, 6.07) is 18.6. The van der Waals surface area contributed by atoms with Gasteiger partial charge in [0.1, 0.15) is 5.60 Å². The van der Waals surface area contributed by atoms with Crippen LogP contribution in [0.2, 0.25) is 0 Å². The maximum Gasteiger partial charge on any atom is 0.141 e. The molecule has 3 aliphatic heterocycles.